The Morgan fingerprint density at radius 1 is 1.17 bits per heavy atom. The molecule has 18 heavy (non-hydrogen) atoms. The van der Waals surface area contributed by atoms with E-state index < -0.39 is 0 Å². The van der Waals surface area contributed by atoms with Crippen molar-refractivity contribution in [2.45, 2.75) is 36.5 Å². The number of unbranched alkanes of at least 4 members (excludes halogenated alkanes) is 3. The average Bonchev–Trinajstić information content (AvgIpc) is 2.81. The van der Waals surface area contributed by atoms with E-state index in [-0.39, 0.29) is 0 Å². The Labute approximate surface area is 120 Å². The van der Waals surface area contributed by atoms with Gasteiger partial charge in [-0.15, -0.1) is 23.4 Å². The lowest BCUT2D eigenvalue weighted by Gasteiger charge is -2.11. The smallest absolute Gasteiger partial charge is 0.0223 e. The molecule has 1 aromatic rings. The fraction of sp³-hybridized carbons (Fsp3) is 0.600. The minimum atomic E-state index is 0.703. The maximum Gasteiger partial charge on any atom is 0.0223 e. The van der Waals surface area contributed by atoms with Crippen LogP contribution >= 0.6 is 23.4 Å². The molecular weight excluding hydrogens is 262 g/mol. The summed E-state index contributed by atoms with van der Waals surface area (Å²) in [5.41, 5.74) is 1.54. The van der Waals surface area contributed by atoms with E-state index >= 15 is 0 Å². The Morgan fingerprint density at radius 2 is 2.00 bits per heavy atom. The molecule has 0 bridgehead atoms. The number of hydrogen-bond donors (Lipinski definition) is 1. The normalized spacial score (nSPS) is 17.9. The van der Waals surface area contributed by atoms with Crippen LogP contribution in [0.4, 0.5) is 0 Å². The largest absolute Gasteiger partial charge is 0.316 e. The fourth-order valence-electron chi connectivity index (χ4n) is 2.37. The Morgan fingerprint density at radius 3 is 2.89 bits per heavy atom. The summed E-state index contributed by atoms with van der Waals surface area (Å²) in [6.45, 7) is 2.27. The Kier molecular flexibility index (Phi) is 6.39. The molecule has 0 spiro atoms. The van der Waals surface area contributed by atoms with Gasteiger partial charge in [-0.3, -0.25) is 0 Å². The minimum Gasteiger partial charge on any atom is -0.316 e. The summed E-state index contributed by atoms with van der Waals surface area (Å²) in [7, 11) is 0. The molecule has 0 aromatic heterocycles. The van der Waals surface area contributed by atoms with Gasteiger partial charge < -0.3 is 5.32 Å². The van der Waals surface area contributed by atoms with Crippen molar-refractivity contribution in [1.82, 2.24) is 5.32 Å². The molecule has 100 valence electrons. The van der Waals surface area contributed by atoms with Crippen LogP contribution in [0.3, 0.4) is 0 Å². The molecule has 1 nitrogen and oxygen atoms in total. The predicted molar refractivity (Wildman–Crippen MR) is 82.0 cm³/mol. The van der Waals surface area contributed by atoms with E-state index in [2.05, 4.69) is 29.6 Å². The first kappa shape index (κ1) is 14.2. The van der Waals surface area contributed by atoms with E-state index in [0.29, 0.717) is 5.92 Å². The van der Waals surface area contributed by atoms with Gasteiger partial charge in [-0.25, -0.2) is 0 Å². The third-order valence-electron chi connectivity index (χ3n) is 3.43. The van der Waals surface area contributed by atoms with E-state index in [1.165, 1.54) is 35.5 Å². The molecule has 0 amide bonds. The van der Waals surface area contributed by atoms with Crippen molar-refractivity contribution in [2.24, 2.45) is 0 Å². The summed E-state index contributed by atoms with van der Waals surface area (Å²) in [5, 5.41) is 3.60. The zero-order chi connectivity index (χ0) is 12.6. The molecular formula is C15H22ClNS. The van der Waals surface area contributed by atoms with Gasteiger partial charge >= 0.3 is 0 Å². The summed E-state index contributed by atoms with van der Waals surface area (Å²) in [4.78, 5) is 1.48. The number of fused-ring (bicyclic) bond motifs is 1. The van der Waals surface area contributed by atoms with Gasteiger partial charge in [0.15, 0.2) is 0 Å². The van der Waals surface area contributed by atoms with Gasteiger partial charge in [0.2, 0.25) is 0 Å². The molecule has 1 aliphatic heterocycles. The summed E-state index contributed by atoms with van der Waals surface area (Å²) in [5.74, 6) is 2.75. The van der Waals surface area contributed by atoms with E-state index in [0.717, 1.165) is 25.4 Å². The highest BCUT2D eigenvalue weighted by molar-refractivity contribution is 7.99. The van der Waals surface area contributed by atoms with Gasteiger partial charge in [0.25, 0.3) is 0 Å². The van der Waals surface area contributed by atoms with E-state index in [9.17, 15) is 0 Å². The van der Waals surface area contributed by atoms with Crippen molar-refractivity contribution >= 4 is 23.4 Å². The molecule has 0 saturated carbocycles. The van der Waals surface area contributed by atoms with Crippen LogP contribution < -0.4 is 5.32 Å². The number of alkyl halides is 1. The molecule has 1 N–H and O–H groups in total. The Hall–Kier alpha value is -0.180. The van der Waals surface area contributed by atoms with Crippen LogP contribution in [-0.4, -0.2) is 24.7 Å². The maximum absolute atomic E-state index is 5.66. The summed E-state index contributed by atoms with van der Waals surface area (Å²) in [6, 6.07) is 8.82. The van der Waals surface area contributed by atoms with Gasteiger partial charge in [-0.2, -0.15) is 0 Å². The van der Waals surface area contributed by atoms with Crippen molar-refractivity contribution in [3.8, 4) is 0 Å². The molecule has 0 aliphatic carbocycles. The topological polar surface area (TPSA) is 12.0 Å². The molecule has 0 saturated heterocycles. The van der Waals surface area contributed by atoms with Crippen LogP contribution in [0.1, 0.15) is 37.2 Å². The number of halogens is 1. The lowest BCUT2D eigenvalue weighted by Crippen LogP contribution is -2.22. The Bertz CT molecular complexity index is 356. The van der Waals surface area contributed by atoms with Crippen molar-refractivity contribution in [3.63, 3.8) is 0 Å². The highest BCUT2D eigenvalue weighted by Gasteiger charge is 2.21. The summed E-state index contributed by atoms with van der Waals surface area (Å²) in [6.07, 6.45) is 5.01. The first-order valence-corrected chi connectivity index (χ1v) is 8.42. The summed E-state index contributed by atoms with van der Waals surface area (Å²) < 4.78 is 0. The van der Waals surface area contributed by atoms with Gasteiger partial charge in [0.05, 0.1) is 0 Å². The Balaban J connectivity index is 1.61. The second-order valence-corrected chi connectivity index (χ2v) is 6.29. The first-order chi connectivity index (χ1) is 8.92. The van der Waals surface area contributed by atoms with Crippen LogP contribution in [0, 0.1) is 0 Å². The van der Waals surface area contributed by atoms with Crippen molar-refractivity contribution in [3.05, 3.63) is 29.8 Å². The predicted octanol–water partition coefficient (Wildman–Crippen LogP) is 4.26. The molecule has 1 unspecified atom stereocenters. The van der Waals surface area contributed by atoms with E-state index in [1.54, 1.807) is 0 Å². The lowest BCUT2D eigenvalue weighted by atomic mass is 10.0. The minimum absolute atomic E-state index is 0.703. The molecule has 1 atom stereocenters. The molecule has 1 aromatic carbocycles. The number of hydrogen-bond acceptors (Lipinski definition) is 2. The second-order valence-electron chi connectivity index (χ2n) is 4.85. The van der Waals surface area contributed by atoms with Crippen molar-refractivity contribution in [1.29, 1.82) is 0 Å². The zero-order valence-corrected chi connectivity index (χ0v) is 12.4. The molecule has 3 heteroatoms. The fourth-order valence-corrected chi connectivity index (χ4v) is 3.82. The second kappa shape index (κ2) is 8.08. The van der Waals surface area contributed by atoms with Gasteiger partial charge in [0.1, 0.15) is 0 Å². The monoisotopic (exact) mass is 283 g/mol. The van der Waals surface area contributed by atoms with Gasteiger partial charge in [-0.05, 0) is 31.0 Å². The third kappa shape index (κ3) is 4.18. The van der Waals surface area contributed by atoms with Crippen LogP contribution in [0.5, 0.6) is 0 Å². The number of thioether (sulfide) groups is 1. The molecule has 1 heterocycles. The summed E-state index contributed by atoms with van der Waals surface area (Å²) >= 11 is 7.65. The maximum atomic E-state index is 5.66. The van der Waals surface area contributed by atoms with E-state index in [1.807, 2.05) is 11.8 Å². The SMILES string of the molecule is ClCCCCCCNCC1CSc2ccccc21. The van der Waals surface area contributed by atoms with Crippen LogP contribution in [0.25, 0.3) is 0 Å². The van der Waals surface area contributed by atoms with Crippen LogP contribution in [-0.2, 0) is 0 Å². The molecule has 0 fully saturated rings. The highest BCUT2D eigenvalue weighted by Crippen LogP contribution is 2.38. The molecule has 1 aliphatic rings. The standard InChI is InChI=1S/C15H22ClNS/c16-9-5-1-2-6-10-17-11-13-12-18-15-8-4-3-7-14(13)15/h3-4,7-8,13,17H,1-2,5-6,9-12H2. The zero-order valence-electron chi connectivity index (χ0n) is 10.8. The third-order valence-corrected chi connectivity index (χ3v) is 4.95. The van der Waals surface area contributed by atoms with Crippen molar-refractivity contribution in [2.75, 3.05) is 24.7 Å². The highest BCUT2D eigenvalue weighted by atomic mass is 35.5. The van der Waals surface area contributed by atoms with Crippen LogP contribution in [0.2, 0.25) is 0 Å². The lowest BCUT2D eigenvalue weighted by molar-refractivity contribution is 0.572. The number of rotatable bonds is 8. The number of nitrogens with one attached hydrogen (secondary N) is 1. The van der Waals surface area contributed by atoms with E-state index in [4.69, 9.17) is 11.6 Å². The van der Waals surface area contributed by atoms with Crippen LogP contribution in [0.15, 0.2) is 29.2 Å². The van der Waals surface area contributed by atoms with Gasteiger partial charge in [-0.1, -0.05) is 31.0 Å². The average molecular weight is 284 g/mol. The first-order valence-electron chi connectivity index (χ1n) is 6.90. The molecule has 0 radical (unpaired) electrons. The molecule has 2 rings (SSSR count). The quantitative estimate of drug-likeness (QED) is 0.565. The van der Waals surface area contributed by atoms with Gasteiger partial charge in [0, 0.05) is 29.0 Å². The number of benzene rings is 1. The van der Waals surface area contributed by atoms with Crippen molar-refractivity contribution < 1.29 is 0 Å².